The molecule has 0 bridgehead atoms. The molecule has 0 unspecified atom stereocenters. The van der Waals surface area contributed by atoms with Crippen LogP contribution in [0.4, 0.5) is 0 Å². The third-order valence-corrected chi connectivity index (χ3v) is 2.55. The van der Waals surface area contributed by atoms with Crippen molar-refractivity contribution in [3.05, 3.63) is 23.2 Å². The van der Waals surface area contributed by atoms with Crippen LogP contribution in [0.3, 0.4) is 0 Å². The third-order valence-electron chi connectivity index (χ3n) is 2.26. The summed E-state index contributed by atoms with van der Waals surface area (Å²) in [6.07, 6.45) is 3.74. The van der Waals surface area contributed by atoms with Crippen LogP contribution in [0.1, 0.15) is 18.9 Å². The average Bonchev–Trinajstić information content (AvgIpc) is 2.73. The summed E-state index contributed by atoms with van der Waals surface area (Å²) in [6, 6.07) is 0. The van der Waals surface area contributed by atoms with E-state index >= 15 is 0 Å². The first kappa shape index (κ1) is 12.4. The van der Waals surface area contributed by atoms with E-state index in [4.69, 9.17) is 11.6 Å². The average molecular weight is 263 g/mol. The van der Waals surface area contributed by atoms with Gasteiger partial charge < -0.3 is 10.3 Å². The number of nitrogens with one attached hydrogen (secondary N) is 2. The summed E-state index contributed by atoms with van der Waals surface area (Å²) in [5.74, 6) is 5.90. The molecule has 0 aliphatic carbocycles. The highest BCUT2D eigenvalue weighted by molar-refractivity contribution is 6.33. The number of aromatic amines is 1. The van der Waals surface area contributed by atoms with Crippen LogP contribution in [0, 0.1) is 11.8 Å². The number of carbonyl (C=O) groups is 1. The maximum atomic E-state index is 10.7. The topological polar surface area (TPSA) is 70.7 Å². The number of carbonyl (C=O) groups excluding carboxylic acids is 1. The Morgan fingerprint density at radius 1 is 1.56 bits per heavy atom. The lowest BCUT2D eigenvalue weighted by atomic mass is 10.3. The highest BCUT2D eigenvalue weighted by atomic mass is 35.5. The molecule has 0 atom stereocenters. The predicted octanol–water partition coefficient (Wildman–Crippen LogP) is 1.49. The van der Waals surface area contributed by atoms with Gasteiger partial charge in [-0.05, 0) is 0 Å². The second-order valence-corrected chi connectivity index (χ2v) is 3.98. The Bertz CT molecular complexity index is 638. The van der Waals surface area contributed by atoms with Gasteiger partial charge in [-0.2, -0.15) is 0 Å². The van der Waals surface area contributed by atoms with E-state index in [0.29, 0.717) is 29.2 Å². The van der Waals surface area contributed by atoms with E-state index in [9.17, 15) is 4.79 Å². The fourth-order valence-electron chi connectivity index (χ4n) is 1.46. The Hall–Kier alpha value is -2.06. The van der Waals surface area contributed by atoms with Gasteiger partial charge in [0.15, 0.2) is 5.15 Å². The maximum Gasteiger partial charge on any atom is 0.216 e. The number of nitrogens with zero attached hydrogens (tertiary/aromatic N) is 2. The minimum Gasteiger partial charge on any atom is -0.356 e. The molecule has 6 heteroatoms. The van der Waals surface area contributed by atoms with Crippen LogP contribution in [-0.2, 0) is 4.79 Å². The molecule has 0 saturated carbocycles. The molecule has 18 heavy (non-hydrogen) atoms. The first-order valence-corrected chi connectivity index (χ1v) is 5.77. The van der Waals surface area contributed by atoms with Crippen molar-refractivity contribution in [1.82, 2.24) is 20.3 Å². The molecule has 2 aromatic rings. The zero-order valence-corrected chi connectivity index (χ0v) is 10.5. The summed E-state index contributed by atoms with van der Waals surface area (Å²) in [4.78, 5) is 21.6. The van der Waals surface area contributed by atoms with Crippen LogP contribution >= 0.6 is 11.6 Å². The van der Waals surface area contributed by atoms with E-state index in [-0.39, 0.29) is 5.91 Å². The second-order valence-electron chi connectivity index (χ2n) is 3.63. The Morgan fingerprint density at radius 2 is 2.39 bits per heavy atom. The molecule has 0 radical (unpaired) electrons. The van der Waals surface area contributed by atoms with Crippen LogP contribution in [0.25, 0.3) is 11.0 Å². The Labute approximate surface area is 109 Å². The molecule has 0 fully saturated rings. The second kappa shape index (κ2) is 5.52. The van der Waals surface area contributed by atoms with Gasteiger partial charge in [0.05, 0.1) is 5.56 Å². The molecule has 1 amide bonds. The van der Waals surface area contributed by atoms with Gasteiger partial charge in [-0.25, -0.2) is 9.97 Å². The van der Waals surface area contributed by atoms with Gasteiger partial charge in [0.2, 0.25) is 5.91 Å². The Balaban J connectivity index is 2.11. The first-order chi connectivity index (χ1) is 8.68. The molecular formula is C12H11ClN4O. The largest absolute Gasteiger partial charge is 0.356 e. The molecule has 92 valence electrons. The van der Waals surface area contributed by atoms with E-state index in [2.05, 4.69) is 32.1 Å². The lowest BCUT2D eigenvalue weighted by Gasteiger charge is -1.94. The van der Waals surface area contributed by atoms with Crippen molar-refractivity contribution in [2.75, 3.05) is 6.54 Å². The van der Waals surface area contributed by atoms with E-state index in [1.165, 1.54) is 13.3 Å². The molecule has 2 aromatic heterocycles. The van der Waals surface area contributed by atoms with Crippen molar-refractivity contribution in [1.29, 1.82) is 0 Å². The number of hydrogen-bond acceptors (Lipinski definition) is 3. The number of H-pyrrole nitrogens is 1. The van der Waals surface area contributed by atoms with E-state index < -0.39 is 0 Å². The standard InChI is InChI=1S/C12H11ClN4O/c1-8(18)14-5-3-2-4-9-6-15-11-10(9)16-7-17-12(11)13/h6-7,15H,3,5H2,1H3,(H,14,18). The molecule has 0 aliphatic rings. The Kier molecular flexibility index (Phi) is 3.80. The van der Waals surface area contributed by atoms with Crippen LogP contribution in [0.15, 0.2) is 12.5 Å². The normalized spacial score (nSPS) is 9.89. The quantitative estimate of drug-likeness (QED) is 0.489. The number of hydrogen-bond donors (Lipinski definition) is 2. The molecule has 0 aromatic carbocycles. The number of amides is 1. The number of aromatic nitrogens is 3. The summed E-state index contributed by atoms with van der Waals surface area (Å²) in [6.45, 7) is 2.02. The SMILES string of the molecule is CC(=O)NCCC#Cc1c[nH]c2c(Cl)ncnc12. The van der Waals surface area contributed by atoms with Gasteiger partial charge in [0, 0.05) is 26.1 Å². The summed E-state index contributed by atoms with van der Waals surface area (Å²) >= 11 is 5.91. The van der Waals surface area contributed by atoms with Gasteiger partial charge in [-0.3, -0.25) is 4.79 Å². The fraction of sp³-hybridized carbons (Fsp3) is 0.250. The van der Waals surface area contributed by atoms with Gasteiger partial charge in [0.25, 0.3) is 0 Å². The molecule has 0 spiro atoms. The molecule has 5 nitrogen and oxygen atoms in total. The van der Waals surface area contributed by atoms with Gasteiger partial charge >= 0.3 is 0 Å². The van der Waals surface area contributed by atoms with Crippen LogP contribution in [0.5, 0.6) is 0 Å². The zero-order valence-electron chi connectivity index (χ0n) is 9.75. The summed E-state index contributed by atoms with van der Waals surface area (Å²) < 4.78 is 0. The fourth-order valence-corrected chi connectivity index (χ4v) is 1.65. The Morgan fingerprint density at radius 3 is 3.17 bits per heavy atom. The van der Waals surface area contributed by atoms with Crippen molar-refractivity contribution in [3.63, 3.8) is 0 Å². The predicted molar refractivity (Wildman–Crippen MR) is 69.1 cm³/mol. The molecule has 0 saturated heterocycles. The third kappa shape index (κ3) is 2.79. The monoisotopic (exact) mass is 262 g/mol. The van der Waals surface area contributed by atoms with Crippen molar-refractivity contribution < 1.29 is 4.79 Å². The first-order valence-electron chi connectivity index (χ1n) is 5.39. The molecule has 2 rings (SSSR count). The highest BCUT2D eigenvalue weighted by Gasteiger charge is 2.06. The number of halogens is 1. The summed E-state index contributed by atoms with van der Waals surface area (Å²) in [7, 11) is 0. The van der Waals surface area contributed by atoms with Crippen LogP contribution < -0.4 is 5.32 Å². The number of fused-ring (bicyclic) bond motifs is 1. The molecular weight excluding hydrogens is 252 g/mol. The minimum absolute atomic E-state index is 0.0524. The highest BCUT2D eigenvalue weighted by Crippen LogP contribution is 2.20. The zero-order chi connectivity index (χ0) is 13.0. The summed E-state index contributed by atoms with van der Waals surface area (Å²) in [5, 5.41) is 3.06. The van der Waals surface area contributed by atoms with Crippen molar-refractivity contribution in [2.24, 2.45) is 0 Å². The summed E-state index contributed by atoms with van der Waals surface area (Å²) in [5.41, 5.74) is 2.17. The van der Waals surface area contributed by atoms with Crippen molar-refractivity contribution in [2.45, 2.75) is 13.3 Å². The molecule has 2 heterocycles. The lowest BCUT2D eigenvalue weighted by Crippen LogP contribution is -2.20. The van der Waals surface area contributed by atoms with E-state index in [1.54, 1.807) is 6.20 Å². The van der Waals surface area contributed by atoms with Crippen molar-refractivity contribution in [3.8, 4) is 11.8 Å². The maximum absolute atomic E-state index is 10.7. The van der Waals surface area contributed by atoms with Gasteiger partial charge in [0.1, 0.15) is 17.4 Å². The molecule has 2 N–H and O–H groups in total. The minimum atomic E-state index is -0.0524. The van der Waals surface area contributed by atoms with Crippen molar-refractivity contribution >= 4 is 28.5 Å². The smallest absolute Gasteiger partial charge is 0.216 e. The van der Waals surface area contributed by atoms with Crippen LogP contribution in [-0.4, -0.2) is 27.4 Å². The van der Waals surface area contributed by atoms with Crippen LogP contribution in [0.2, 0.25) is 5.15 Å². The molecule has 0 aliphatic heterocycles. The van der Waals surface area contributed by atoms with Gasteiger partial charge in [-0.1, -0.05) is 23.4 Å². The lowest BCUT2D eigenvalue weighted by molar-refractivity contribution is -0.118. The van der Waals surface area contributed by atoms with Gasteiger partial charge in [-0.15, -0.1) is 0 Å². The van der Waals surface area contributed by atoms with E-state index in [1.807, 2.05) is 0 Å². The van der Waals surface area contributed by atoms with E-state index in [0.717, 1.165) is 5.56 Å². The number of rotatable bonds is 2.